The van der Waals surface area contributed by atoms with Gasteiger partial charge in [0.05, 0.1) is 18.1 Å². The Morgan fingerprint density at radius 1 is 1.22 bits per heavy atom. The number of ether oxygens (including phenoxy) is 5. The Morgan fingerprint density at radius 3 is 2.47 bits per heavy atom. The average Bonchev–Trinajstić information content (AvgIpc) is 2.78. The van der Waals surface area contributed by atoms with E-state index in [4.69, 9.17) is 35.3 Å². The van der Waals surface area contributed by atoms with Gasteiger partial charge in [0.1, 0.15) is 16.5 Å². The van der Waals surface area contributed by atoms with Gasteiger partial charge in [-0.3, -0.25) is 0 Å². The molecule has 0 saturated carbocycles. The molecule has 11 heteroatoms. The number of halogens is 3. The largest absolute Gasteiger partial charge is 0.493 e. The van der Waals surface area contributed by atoms with Gasteiger partial charge in [-0.05, 0) is 33.6 Å². The molecular formula is C21H25BrClFN2O6. The summed E-state index contributed by atoms with van der Waals surface area (Å²) >= 11 is 10.1. The molecule has 0 bridgehead atoms. The maximum Gasteiger partial charge on any atom is 0.321 e. The smallest absolute Gasteiger partial charge is 0.321 e. The number of methoxy groups -OCH3 is 4. The quantitative estimate of drug-likeness (QED) is 0.432. The van der Waals surface area contributed by atoms with E-state index in [0.29, 0.717) is 15.6 Å². The first-order valence-electron chi connectivity index (χ1n) is 9.33. The third kappa shape index (κ3) is 6.02. The number of nitrogens with one attached hydrogen (secondary N) is 1. The highest BCUT2D eigenvalue weighted by atomic mass is 79.9. The first-order valence-corrected chi connectivity index (χ1v) is 10.5. The molecule has 2 amide bonds. The number of anilines is 1. The van der Waals surface area contributed by atoms with Crippen LogP contribution in [-0.4, -0.2) is 66.0 Å². The second-order valence-electron chi connectivity index (χ2n) is 6.51. The summed E-state index contributed by atoms with van der Waals surface area (Å²) in [5.74, 6) is -0.0285. The monoisotopic (exact) mass is 534 g/mol. The van der Waals surface area contributed by atoms with Crippen LogP contribution in [0.25, 0.3) is 11.1 Å². The topological polar surface area (TPSA) is 78.5 Å². The van der Waals surface area contributed by atoms with Crippen LogP contribution in [-0.2, 0) is 14.2 Å². The molecule has 2 rings (SSSR count). The van der Waals surface area contributed by atoms with E-state index in [9.17, 15) is 9.18 Å². The van der Waals surface area contributed by atoms with Gasteiger partial charge in [-0.25, -0.2) is 9.18 Å². The molecule has 1 N–H and O–H groups in total. The summed E-state index contributed by atoms with van der Waals surface area (Å²) in [5, 5.41) is 2.78. The summed E-state index contributed by atoms with van der Waals surface area (Å²) in [7, 11) is 7.39. The lowest BCUT2D eigenvalue weighted by Gasteiger charge is -2.25. The van der Waals surface area contributed by atoms with Gasteiger partial charge in [-0.2, -0.15) is 0 Å². The van der Waals surface area contributed by atoms with E-state index < -0.39 is 18.1 Å². The SMILES string of the molecule is COCOc1c(Cl)c(NC(=O)N(C)CC(OC)OC)c(OC)c(Br)c1-c1cccc(F)c1. The van der Waals surface area contributed by atoms with Gasteiger partial charge in [-0.15, -0.1) is 0 Å². The van der Waals surface area contributed by atoms with Crippen LogP contribution in [0.1, 0.15) is 0 Å². The van der Waals surface area contributed by atoms with E-state index in [1.807, 2.05) is 0 Å². The number of benzene rings is 2. The van der Waals surface area contributed by atoms with Crippen molar-refractivity contribution in [3.05, 3.63) is 39.6 Å². The minimum absolute atomic E-state index is 0.0538. The zero-order valence-corrected chi connectivity index (χ0v) is 20.7. The van der Waals surface area contributed by atoms with Crippen LogP contribution in [0.2, 0.25) is 5.02 Å². The molecule has 0 fully saturated rings. The lowest BCUT2D eigenvalue weighted by molar-refractivity contribution is -0.108. The molecule has 0 aliphatic carbocycles. The maximum absolute atomic E-state index is 13.9. The number of amides is 2. The summed E-state index contributed by atoms with van der Waals surface area (Å²) < 4.78 is 40.8. The number of carbonyl (C=O) groups is 1. The average molecular weight is 536 g/mol. The van der Waals surface area contributed by atoms with E-state index in [-0.39, 0.29) is 35.5 Å². The van der Waals surface area contributed by atoms with Crippen molar-refractivity contribution in [2.45, 2.75) is 6.29 Å². The zero-order chi connectivity index (χ0) is 23.8. The fourth-order valence-electron chi connectivity index (χ4n) is 2.86. The molecule has 0 unspecified atom stereocenters. The van der Waals surface area contributed by atoms with Crippen molar-refractivity contribution >= 4 is 39.2 Å². The van der Waals surface area contributed by atoms with Crippen LogP contribution in [0.3, 0.4) is 0 Å². The summed E-state index contributed by atoms with van der Waals surface area (Å²) in [6.45, 7) is 0.0335. The lowest BCUT2D eigenvalue weighted by atomic mass is 10.0. The van der Waals surface area contributed by atoms with Crippen molar-refractivity contribution in [1.82, 2.24) is 4.90 Å². The Kier molecular flexibility index (Phi) is 9.98. The van der Waals surface area contributed by atoms with Gasteiger partial charge >= 0.3 is 6.03 Å². The van der Waals surface area contributed by atoms with Crippen LogP contribution in [0, 0.1) is 5.82 Å². The molecule has 0 atom stereocenters. The van der Waals surface area contributed by atoms with E-state index in [1.165, 1.54) is 45.5 Å². The number of carbonyl (C=O) groups excluding carboxylic acids is 1. The minimum atomic E-state index is -0.606. The molecule has 0 radical (unpaired) electrons. The molecule has 2 aromatic carbocycles. The van der Waals surface area contributed by atoms with Gasteiger partial charge < -0.3 is 33.9 Å². The summed E-state index contributed by atoms with van der Waals surface area (Å²) in [6.07, 6.45) is -0.606. The van der Waals surface area contributed by atoms with Crippen molar-refractivity contribution in [2.75, 3.05) is 54.1 Å². The van der Waals surface area contributed by atoms with Crippen LogP contribution >= 0.6 is 27.5 Å². The summed E-state index contributed by atoms with van der Waals surface area (Å²) in [6, 6.07) is 5.41. The number of likely N-dealkylation sites (N-methyl/N-ethyl adjacent to an activating group) is 1. The first-order chi connectivity index (χ1) is 15.3. The van der Waals surface area contributed by atoms with Crippen molar-refractivity contribution in [1.29, 1.82) is 0 Å². The molecule has 0 heterocycles. The molecule has 0 aromatic heterocycles. The van der Waals surface area contributed by atoms with Gasteiger partial charge in [0.25, 0.3) is 0 Å². The second kappa shape index (κ2) is 12.2. The number of hydrogen-bond donors (Lipinski definition) is 1. The fourth-order valence-corrected chi connectivity index (χ4v) is 3.91. The molecule has 0 aliphatic rings. The van der Waals surface area contributed by atoms with E-state index in [1.54, 1.807) is 19.2 Å². The Labute approximate surface area is 199 Å². The van der Waals surface area contributed by atoms with E-state index >= 15 is 0 Å². The fraction of sp³-hybridized carbons (Fsp3) is 0.381. The van der Waals surface area contributed by atoms with Gasteiger partial charge in [-0.1, -0.05) is 23.7 Å². The molecule has 8 nitrogen and oxygen atoms in total. The first kappa shape index (κ1) is 26.1. The Hall–Kier alpha value is -2.11. The van der Waals surface area contributed by atoms with Crippen molar-refractivity contribution in [3.63, 3.8) is 0 Å². The maximum atomic E-state index is 13.9. The van der Waals surface area contributed by atoms with Crippen LogP contribution in [0.15, 0.2) is 28.7 Å². The zero-order valence-electron chi connectivity index (χ0n) is 18.3. The summed E-state index contributed by atoms with van der Waals surface area (Å²) in [5.41, 5.74) is 1.09. The number of hydrogen-bond acceptors (Lipinski definition) is 6. The minimum Gasteiger partial charge on any atom is -0.493 e. The molecule has 176 valence electrons. The lowest BCUT2D eigenvalue weighted by Crippen LogP contribution is -2.38. The standard InChI is InChI=1S/C21H25BrClFN2O6/c1-26(10-14(29-3)30-4)21(27)25-18-17(23)19(32-11-28-2)15(16(22)20(18)31-5)12-7-6-8-13(24)9-12/h6-9,14H,10-11H2,1-5H3,(H,25,27). The number of rotatable bonds is 10. The number of urea groups is 1. The van der Waals surface area contributed by atoms with Crippen molar-refractivity contribution in [3.8, 4) is 22.6 Å². The van der Waals surface area contributed by atoms with Gasteiger partial charge in [0.2, 0.25) is 0 Å². The normalized spacial score (nSPS) is 10.9. The van der Waals surface area contributed by atoms with E-state index in [0.717, 1.165) is 0 Å². The predicted octanol–water partition coefficient (Wildman–Crippen LogP) is 4.98. The van der Waals surface area contributed by atoms with Crippen LogP contribution in [0.4, 0.5) is 14.9 Å². The highest BCUT2D eigenvalue weighted by Crippen LogP contribution is 2.52. The van der Waals surface area contributed by atoms with Gasteiger partial charge in [0, 0.05) is 33.9 Å². The Balaban J connectivity index is 2.56. The van der Waals surface area contributed by atoms with Crippen LogP contribution < -0.4 is 14.8 Å². The Morgan fingerprint density at radius 2 is 1.91 bits per heavy atom. The third-order valence-corrected chi connectivity index (χ3v) is 5.57. The summed E-state index contributed by atoms with van der Waals surface area (Å²) in [4.78, 5) is 14.2. The van der Waals surface area contributed by atoms with Crippen molar-refractivity contribution < 1.29 is 32.9 Å². The molecule has 32 heavy (non-hydrogen) atoms. The second-order valence-corrected chi connectivity index (χ2v) is 7.68. The predicted molar refractivity (Wildman–Crippen MR) is 123 cm³/mol. The molecule has 0 aliphatic heterocycles. The van der Waals surface area contributed by atoms with Gasteiger partial charge in [0.15, 0.2) is 24.6 Å². The molecule has 0 saturated heterocycles. The third-order valence-electron chi connectivity index (χ3n) is 4.46. The molecular weight excluding hydrogens is 511 g/mol. The number of nitrogens with zero attached hydrogens (tertiary/aromatic N) is 1. The molecule has 2 aromatic rings. The van der Waals surface area contributed by atoms with E-state index in [2.05, 4.69) is 21.2 Å². The highest BCUT2D eigenvalue weighted by molar-refractivity contribution is 9.10. The highest BCUT2D eigenvalue weighted by Gasteiger charge is 2.27. The molecule has 0 spiro atoms. The Bertz CT molecular complexity index is 945. The van der Waals surface area contributed by atoms with Crippen LogP contribution in [0.5, 0.6) is 11.5 Å². The van der Waals surface area contributed by atoms with Crippen molar-refractivity contribution in [2.24, 2.45) is 0 Å².